The molecule has 0 unspecified atom stereocenters. The van der Waals surface area contributed by atoms with E-state index in [4.69, 9.17) is 18.9 Å². The van der Waals surface area contributed by atoms with Gasteiger partial charge < -0.3 is 18.9 Å². The Morgan fingerprint density at radius 2 is 1.69 bits per heavy atom. The van der Waals surface area contributed by atoms with E-state index in [-0.39, 0.29) is 55.4 Å². The van der Waals surface area contributed by atoms with E-state index in [1.54, 1.807) is 19.9 Å². The predicted molar refractivity (Wildman–Crippen MR) is 126 cm³/mol. The molecule has 36 heavy (non-hydrogen) atoms. The lowest BCUT2D eigenvalue weighted by atomic mass is 9.46. The molecule has 3 fully saturated rings. The summed E-state index contributed by atoms with van der Waals surface area (Å²) in [6.07, 6.45) is 5.22. The summed E-state index contributed by atoms with van der Waals surface area (Å²) in [4.78, 5) is 63.8. The number of ether oxygens (including phenoxy) is 4. The molecule has 0 aromatic heterocycles. The van der Waals surface area contributed by atoms with Crippen molar-refractivity contribution in [1.82, 2.24) is 0 Å². The first-order valence-corrected chi connectivity index (χ1v) is 12.7. The summed E-state index contributed by atoms with van der Waals surface area (Å²) in [5.74, 6) is -1.16. The molecule has 0 aromatic rings. The van der Waals surface area contributed by atoms with Gasteiger partial charge in [-0.2, -0.15) is 0 Å². The van der Waals surface area contributed by atoms with Crippen molar-refractivity contribution in [3.05, 3.63) is 23.8 Å². The topological polar surface area (TPSA) is 122 Å². The smallest absolute Gasteiger partial charge is 0.435 e. The molecule has 0 aromatic carbocycles. The predicted octanol–water partition coefficient (Wildman–Crippen LogP) is 4.13. The van der Waals surface area contributed by atoms with Crippen molar-refractivity contribution in [3.63, 3.8) is 0 Å². The Balaban J connectivity index is 1.69. The maximum Gasteiger partial charge on any atom is 0.509 e. The summed E-state index contributed by atoms with van der Waals surface area (Å²) in [6, 6.07) is 0. The van der Waals surface area contributed by atoms with Crippen molar-refractivity contribution in [2.75, 3.05) is 19.8 Å². The average molecular weight is 503 g/mol. The van der Waals surface area contributed by atoms with E-state index in [9.17, 15) is 24.0 Å². The highest BCUT2D eigenvalue weighted by Gasteiger charge is 2.70. The number of carbonyl (C=O) groups excluding carboxylic acids is 5. The second-order valence-corrected chi connectivity index (χ2v) is 10.6. The van der Waals surface area contributed by atoms with Crippen molar-refractivity contribution < 1.29 is 42.9 Å². The van der Waals surface area contributed by atoms with Crippen molar-refractivity contribution >= 4 is 29.7 Å². The number of allylic oxidation sites excluding steroid dienone is 4. The molecule has 0 amide bonds. The van der Waals surface area contributed by atoms with Gasteiger partial charge in [-0.05, 0) is 63.5 Å². The van der Waals surface area contributed by atoms with Crippen LogP contribution in [0.2, 0.25) is 0 Å². The largest absolute Gasteiger partial charge is 0.509 e. The molecule has 0 N–H and O–H groups in total. The number of fused-ring (bicyclic) bond motifs is 5. The van der Waals surface area contributed by atoms with E-state index >= 15 is 0 Å². The van der Waals surface area contributed by atoms with Gasteiger partial charge in [0, 0.05) is 23.2 Å². The van der Waals surface area contributed by atoms with Crippen LogP contribution in [-0.2, 0) is 33.3 Å². The molecule has 4 aliphatic rings. The SMILES string of the molecule is CCOC(=O)OCC(=O)[C@@]1(OC(=O)OCC)CC[C@H]2[C@@H]3CCC4=CC(=O)C=C[C@]4(C)[C@H]3C(=O)C[C@@]21C. The highest BCUT2D eigenvalue weighted by Crippen LogP contribution is 2.67. The van der Waals surface area contributed by atoms with Crippen molar-refractivity contribution in [2.45, 2.75) is 65.4 Å². The van der Waals surface area contributed by atoms with Gasteiger partial charge in [-0.15, -0.1) is 0 Å². The summed E-state index contributed by atoms with van der Waals surface area (Å²) in [6.45, 7) is 6.59. The normalized spacial score (nSPS) is 36.7. The van der Waals surface area contributed by atoms with Gasteiger partial charge >= 0.3 is 12.3 Å². The Morgan fingerprint density at radius 3 is 2.39 bits per heavy atom. The molecular weight excluding hydrogens is 468 g/mol. The average Bonchev–Trinajstić information content (AvgIpc) is 3.10. The molecule has 0 aliphatic heterocycles. The number of hydrogen-bond acceptors (Lipinski definition) is 9. The Morgan fingerprint density at radius 1 is 1.00 bits per heavy atom. The van der Waals surface area contributed by atoms with Crippen molar-refractivity contribution in [3.8, 4) is 0 Å². The fourth-order valence-corrected chi connectivity index (χ4v) is 7.39. The maximum atomic E-state index is 13.9. The first-order chi connectivity index (χ1) is 17.0. The molecule has 9 nitrogen and oxygen atoms in total. The van der Waals surface area contributed by atoms with E-state index in [0.29, 0.717) is 19.3 Å². The van der Waals surface area contributed by atoms with Crippen molar-refractivity contribution in [2.24, 2.45) is 28.6 Å². The second-order valence-electron chi connectivity index (χ2n) is 10.6. The lowest BCUT2D eigenvalue weighted by molar-refractivity contribution is -0.173. The van der Waals surface area contributed by atoms with Gasteiger partial charge in [-0.3, -0.25) is 14.4 Å². The second kappa shape index (κ2) is 9.48. The van der Waals surface area contributed by atoms with Gasteiger partial charge in [0.1, 0.15) is 5.78 Å². The zero-order chi connectivity index (χ0) is 26.3. The third kappa shape index (κ3) is 3.96. The van der Waals surface area contributed by atoms with Gasteiger partial charge in [0.2, 0.25) is 5.78 Å². The summed E-state index contributed by atoms with van der Waals surface area (Å²) in [7, 11) is 0. The number of ketones is 3. The van der Waals surface area contributed by atoms with E-state index in [2.05, 4.69) is 0 Å². The minimum Gasteiger partial charge on any atom is -0.435 e. The minimum atomic E-state index is -1.67. The van der Waals surface area contributed by atoms with Gasteiger partial charge in [-0.1, -0.05) is 25.5 Å². The van der Waals surface area contributed by atoms with E-state index in [1.165, 1.54) is 6.08 Å². The van der Waals surface area contributed by atoms with E-state index in [1.807, 2.05) is 19.9 Å². The standard InChI is InChI=1S/C27H34O9/c1-5-33-23(31)35-15-21(30)27(36-24(32)34-6-2)12-10-19-18-8-7-16-13-17(28)9-11-25(16,3)22(18)20(29)14-26(19,27)4/h9,11,13,18-19,22H,5-8,10,12,14-15H2,1-4H3/t18-,19-,22+,25-,26-,27-/m0/s1. The summed E-state index contributed by atoms with van der Waals surface area (Å²) in [5, 5.41) is 0. The summed E-state index contributed by atoms with van der Waals surface area (Å²) in [5.41, 5.74) is -2.26. The van der Waals surface area contributed by atoms with Crippen LogP contribution >= 0.6 is 0 Å². The van der Waals surface area contributed by atoms with Crippen LogP contribution in [0.5, 0.6) is 0 Å². The summed E-state index contributed by atoms with van der Waals surface area (Å²) < 4.78 is 20.6. The number of carbonyl (C=O) groups is 5. The quantitative estimate of drug-likeness (QED) is 0.493. The van der Waals surface area contributed by atoms with Crippen LogP contribution in [0.1, 0.15) is 59.8 Å². The number of hydrogen-bond donors (Lipinski definition) is 0. The van der Waals surface area contributed by atoms with Gasteiger partial charge in [0.05, 0.1) is 13.2 Å². The molecule has 196 valence electrons. The molecule has 3 saturated carbocycles. The molecule has 9 heteroatoms. The third-order valence-electron chi connectivity index (χ3n) is 8.93. The van der Waals surface area contributed by atoms with Crippen LogP contribution in [0.15, 0.2) is 23.8 Å². The fraction of sp³-hybridized carbons (Fsp3) is 0.667. The van der Waals surface area contributed by atoms with Crippen molar-refractivity contribution in [1.29, 1.82) is 0 Å². The van der Waals surface area contributed by atoms with Crippen LogP contribution in [0.3, 0.4) is 0 Å². The molecule has 0 heterocycles. The Labute approximate surface area is 210 Å². The first kappa shape index (κ1) is 26.1. The molecular formula is C27H34O9. The monoisotopic (exact) mass is 502 g/mol. The van der Waals surface area contributed by atoms with E-state index in [0.717, 1.165) is 5.57 Å². The lowest BCUT2D eigenvalue weighted by Crippen LogP contribution is -2.62. The zero-order valence-corrected chi connectivity index (χ0v) is 21.3. The molecule has 0 radical (unpaired) electrons. The van der Waals surface area contributed by atoms with Gasteiger partial charge in [0.25, 0.3) is 0 Å². The van der Waals surface area contributed by atoms with Gasteiger partial charge in [0.15, 0.2) is 18.0 Å². The molecule has 0 saturated heterocycles. The Kier molecular flexibility index (Phi) is 6.88. The molecule has 6 atom stereocenters. The fourth-order valence-electron chi connectivity index (χ4n) is 7.39. The highest BCUT2D eigenvalue weighted by atomic mass is 16.7. The lowest BCUT2D eigenvalue weighted by Gasteiger charge is -2.57. The minimum absolute atomic E-state index is 0.0219. The van der Waals surface area contributed by atoms with E-state index < -0.39 is 41.1 Å². The molecule has 0 bridgehead atoms. The molecule has 4 rings (SSSR count). The van der Waals surface area contributed by atoms with Gasteiger partial charge in [-0.25, -0.2) is 9.59 Å². The molecule has 4 aliphatic carbocycles. The van der Waals surface area contributed by atoms with Crippen LogP contribution < -0.4 is 0 Å². The summed E-state index contributed by atoms with van der Waals surface area (Å²) >= 11 is 0. The first-order valence-electron chi connectivity index (χ1n) is 12.7. The third-order valence-corrected chi connectivity index (χ3v) is 8.93. The number of rotatable bonds is 6. The van der Waals surface area contributed by atoms with Crippen LogP contribution in [0, 0.1) is 28.6 Å². The number of Topliss-reactive ketones (excluding diaryl/α,β-unsaturated/α-hetero) is 2. The zero-order valence-electron chi connectivity index (χ0n) is 21.3. The Bertz CT molecular complexity index is 1040. The molecule has 0 spiro atoms. The highest BCUT2D eigenvalue weighted by molar-refractivity contribution is 6.02. The van der Waals surface area contributed by atoms with Crippen LogP contribution in [-0.4, -0.2) is 55.1 Å². The maximum absolute atomic E-state index is 13.9. The Hall–Kier alpha value is -2.97. The van der Waals surface area contributed by atoms with Crippen LogP contribution in [0.25, 0.3) is 0 Å². The van der Waals surface area contributed by atoms with Crippen LogP contribution in [0.4, 0.5) is 9.59 Å².